The summed E-state index contributed by atoms with van der Waals surface area (Å²) in [6.07, 6.45) is 0. The molecule has 1 aromatic carbocycles. The van der Waals surface area contributed by atoms with E-state index in [1.54, 1.807) is 6.07 Å². The average Bonchev–Trinajstić information content (AvgIpc) is 2.59. The zero-order chi connectivity index (χ0) is 11.7. The van der Waals surface area contributed by atoms with Gasteiger partial charge in [0.1, 0.15) is 5.58 Å². The minimum absolute atomic E-state index is 0.113. The largest absolute Gasteiger partial charge is 0.451 e. The molecule has 0 bridgehead atoms. The van der Waals surface area contributed by atoms with Gasteiger partial charge < -0.3 is 9.73 Å². The normalized spacial score (nSPS) is 11.0. The Balaban J connectivity index is 2.36. The molecule has 0 saturated heterocycles. The monoisotopic (exact) mass is 217 g/mol. The average molecular weight is 217 g/mol. The Morgan fingerprint density at radius 2 is 2.06 bits per heavy atom. The van der Waals surface area contributed by atoms with Crippen molar-refractivity contribution in [3.63, 3.8) is 0 Å². The number of rotatable bonds is 2. The van der Waals surface area contributed by atoms with Crippen LogP contribution in [-0.2, 0) is 0 Å². The van der Waals surface area contributed by atoms with Gasteiger partial charge in [0, 0.05) is 11.4 Å². The van der Waals surface area contributed by atoms with Gasteiger partial charge in [0.15, 0.2) is 5.76 Å². The molecule has 84 valence electrons. The minimum Gasteiger partial charge on any atom is -0.451 e. The molecule has 0 aliphatic heterocycles. The van der Waals surface area contributed by atoms with E-state index in [0.717, 1.165) is 16.5 Å². The predicted molar refractivity (Wildman–Crippen MR) is 63.6 cm³/mol. The first-order valence-electron chi connectivity index (χ1n) is 5.37. The van der Waals surface area contributed by atoms with Gasteiger partial charge in [-0.1, -0.05) is 12.1 Å². The number of furan rings is 1. The SMILES string of the molecule is Cc1ccc2cc(C(=O)NC(C)C)oc2c1. The molecule has 1 N–H and O–H groups in total. The van der Waals surface area contributed by atoms with Crippen molar-refractivity contribution in [2.45, 2.75) is 26.8 Å². The number of fused-ring (bicyclic) bond motifs is 1. The maximum Gasteiger partial charge on any atom is 0.287 e. The molecule has 0 saturated carbocycles. The van der Waals surface area contributed by atoms with Crippen LogP contribution >= 0.6 is 0 Å². The Kier molecular flexibility index (Phi) is 2.69. The van der Waals surface area contributed by atoms with Crippen LogP contribution in [0.3, 0.4) is 0 Å². The van der Waals surface area contributed by atoms with Gasteiger partial charge in [-0.3, -0.25) is 4.79 Å². The molecule has 2 rings (SSSR count). The van der Waals surface area contributed by atoms with Crippen LogP contribution in [0.4, 0.5) is 0 Å². The molecule has 0 atom stereocenters. The molecule has 1 aromatic heterocycles. The van der Waals surface area contributed by atoms with E-state index < -0.39 is 0 Å². The Morgan fingerprint density at radius 1 is 1.31 bits per heavy atom. The lowest BCUT2D eigenvalue weighted by atomic mass is 10.2. The molecular weight excluding hydrogens is 202 g/mol. The fourth-order valence-corrected chi connectivity index (χ4v) is 1.58. The molecule has 2 aromatic rings. The van der Waals surface area contributed by atoms with Gasteiger partial charge in [-0.2, -0.15) is 0 Å². The summed E-state index contributed by atoms with van der Waals surface area (Å²) in [5, 5.41) is 3.76. The Morgan fingerprint density at radius 3 is 2.75 bits per heavy atom. The van der Waals surface area contributed by atoms with Crippen molar-refractivity contribution in [2.24, 2.45) is 0 Å². The second-order valence-corrected chi connectivity index (χ2v) is 4.28. The third-order valence-corrected chi connectivity index (χ3v) is 2.32. The smallest absolute Gasteiger partial charge is 0.287 e. The summed E-state index contributed by atoms with van der Waals surface area (Å²) in [7, 11) is 0. The Hall–Kier alpha value is -1.77. The second-order valence-electron chi connectivity index (χ2n) is 4.28. The molecular formula is C13H15NO2. The quantitative estimate of drug-likeness (QED) is 0.840. The summed E-state index contributed by atoms with van der Waals surface area (Å²) in [6, 6.07) is 7.78. The summed E-state index contributed by atoms with van der Waals surface area (Å²) in [4.78, 5) is 11.7. The summed E-state index contributed by atoms with van der Waals surface area (Å²) >= 11 is 0. The highest BCUT2D eigenvalue weighted by Gasteiger charge is 2.12. The lowest BCUT2D eigenvalue weighted by Gasteiger charge is -2.04. The first kappa shape index (κ1) is 10.7. The van der Waals surface area contributed by atoms with E-state index in [4.69, 9.17) is 4.42 Å². The molecule has 0 spiro atoms. The van der Waals surface area contributed by atoms with Crippen LogP contribution in [0.1, 0.15) is 30.0 Å². The zero-order valence-corrected chi connectivity index (χ0v) is 9.70. The first-order chi connectivity index (χ1) is 7.56. The molecule has 1 amide bonds. The molecule has 0 radical (unpaired) electrons. The highest BCUT2D eigenvalue weighted by atomic mass is 16.3. The van der Waals surface area contributed by atoms with Gasteiger partial charge in [0.2, 0.25) is 0 Å². The van der Waals surface area contributed by atoms with E-state index in [-0.39, 0.29) is 11.9 Å². The van der Waals surface area contributed by atoms with Gasteiger partial charge in [-0.25, -0.2) is 0 Å². The maximum atomic E-state index is 11.7. The van der Waals surface area contributed by atoms with E-state index in [2.05, 4.69) is 5.32 Å². The second kappa shape index (κ2) is 4.00. The van der Waals surface area contributed by atoms with Crippen LogP contribution in [0.5, 0.6) is 0 Å². The van der Waals surface area contributed by atoms with Gasteiger partial charge in [-0.05, 0) is 38.5 Å². The summed E-state index contributed by atoms with van der Waals surface area (Å²) in [6.45, 7) is 5.84. The van der Waals surface area contributed by atoms with Crippen LogP contribution in [0, 0.1) is 6.92 Å². The number of carbonyl (C=O) groups is 1. The number of hydrogen-bond acceptors (Lipinski definition) is 2. The van der Waals surface area contributed by atoms with E-state index in [1.165, 1.54) is 0 Å². The highest BCUT2D eigenvalue weighted by Crippen LogP contribution is 2.20. The number of carbonyl (C=O) groups excluding carboxylic acids is 1. The number of hydrogen-bond donors (Lipinski definition) is 1. The predicted octanol–water partition coefficient (Wildman–Crippen LogP) is 2.88. The molecule has 0 aliphatic carbocycles. The first-order valence-corrected chi connectivity index (χ1v) is 5.37. The molecule has 0 aliphatic rings. The molecule has 16 heavy (non-hydrogen) atoms. The van der Waals surface area contributed by atoms with Gasteiger partial charge >= 0.3 is 0 Å². The minimum atomic E-state index is -0.163. The number of amides is 1. The number of aryl methyl sites for hydroxylation is 1. The van der Waals surface area contributed by atoms with Crippen molar-refractivity contribution in [3.05, 3.63) is 35.6 Å². The van der Waals surface area contributed by atoms with Crippen molar-refractivity contribution in [2.75, 3.05) is 0 Å². The van der Waals surface area contributed by atoms with E-state index >= 15 is 0 Å². The highest BCUT2D eigenvalue weighted by molar-refractivity contribution is 5.96. The van der Waals surface area contributed by atoms with Crippen molar-refractivity contribution >= 4 is 16.9 Å². The van der Waals surface area contributed by atoms with Crippen LogP contribution in [-0.4, -0.2) is 11.9 Å². The van der Waals surface area contributed by atoms with Crippen molar-refractivity contribution in [1.82, 2.24) is 5.32 Å². The molecule has 0 unspecified atom stereocenters. The summed E-state index contributed by atoms with van der Waals surface area (Å²) in [5.41, 5.74) is 1.88. The van der Waals surface area contributed by atoms with E-state index in [9.17, 15) is 4.79 Å². The molecule has 3 heteroatoms. The summed E-state index contributed by atoms with van der Waals surface area (Å²) in [5.74, 6) is 0.207. The third-order valence-electron chi connectivity index (χ3n) is 2.32. The lowest BCUT2D eigenvalue weighted by Crippen LogP contribution is -2.29. The van der Waals surface area contributed by atoms with Crippen LogP contribution < -0.4 is 5.32 Å². The van der Waals surface area contributed by atoms with Crippen LogP contribution in [0.2, 0.25) is 0 Å². The number of benzene rings is 1. The lowest BCUT2D eigenvalue weighted by molar-refractivity contribution is 0.0917. The van der Waals surface area contributed by atoms with Crippen molar-refractivity contribution in [1.29, 1.82) is 0 Å². The van der Waals surface area contributed by atoms with E-state index in [0.29, 0.717) is 5.76 Å². The summed E-state index contributed by atoms with van der Waals surface area (Å²) < 4.78 is 5.50. The Bertz CT molecular complexity index is 526. The number of nitrogens with one attached hydrogen (secondary N) is 1. The van der Waals surface area contributed by atoms with Crippen LogP contribution in [0.25, 0.3) is 11.0 Å². The van der Waals surface area contributed by atoms with Crippen molar-refractivity contribution < 1.29 is 9.21 Å². The van der Waals surface area contributed by atoms with Gasteiger partial charge in [0.25, 0.3) is 5.91 Å². The fourth-order valence-electron chi connectivity index (χ4n) is 1.58. The zero-order valence-electron chi connectivity index (χ0n) is 9.70. The molecule has 0 fully saturated rings. The molecule has 1 heterocycles. The van der Waals surface area contributed by atoms with Crippen LogP contribution in [0.15, 0.2) is 28.7 Å². The fraction of sp³-hybridized carbons (Fsp3) is 0.308. The molecule has 3 nitrogen and oxygen atoms in total. The third kappa shape index (κ3) is 2.08. The van der Waals surface area contributed by atoms with E-state index in [1.807, 2.05) is 39.0 Å². The van der Waals surface area contributed by atoms with Gasteiger partial charge in [-0.15, -0.1) is 0 Å². The topological polar surface area (TPSA) is 42.2 Å². The maximum absolute atomic E-state index is 11.7. The van der Waals surface area contributed by atoms with Crippen molar-refractivity contribution in [3.8, 4) is 0 Å². The van der Waals surface area contributed by atoms with Gasteiger partial charge in [0.05, 0.1) is 0 Å². The standard InChI is InChI=1S/C13H15NO2/c1-8(2)14-13(15)12-7-10-5-4-9(3)6-11(10)16-12/h4-8H,1-3H3,(H,14,15). The Labute approximate surface area is 94.4 Å².